The molecule has 0 aromatic carbocycles. The molecule has 1 aliphatic rings. The largest absolute Gasteiger partial charge is 0.433 e. The van der Waals surface area contributed by atoms with Gasteiger partial charge in [0.25, 0.3) is 0 Å². The zero-order chi connectivity index (χ0) is 13.3. The van der Waals surface area contributed by atoms with Crippen molar-refractivity contribution in [1.82, 2.24) is 9.78 Å². The molecule has 0 unspecified atom stereocenters. The predicted octanol–water partition coefficient (Wildman–Crippen LogP) is 4.77. The minimum absolute atomic E-state index is 0.0924. The van der Waals surface area contributed by atoms with Gasteiger partial charge in [0.15, 0.2) is 0 Å². The number of aromatic amines is 1. The minimum Gasteiger partial charge on any atom is -0.293 e. The van der Waals surface area contributed by atoms with Crippen molar-refractivity contribution in [3.63, 3.8) is 0 Å². The van der Waals surface area contributed by atoms with E-state index in [0.717, 1.165) is 38.5 Å². The van der Waals surface area contributed by atoms with E-state index < -0.39 is 11.9 Å². The summed E-state index contributed by atoms with van der Waals surface area (Å²) in [5.74, 6) is 0. The van der Waals surface area contributed by atoms with Crippen molar-refractivity contribution in [3.8, 4) is 0 Å². The molecule has 1 fully saturated rings. The molecular weight excluding hydrogens is 261 g/mol. The third kappa shape index (κ3) is 2.63. The summed E-state index contributed by atoms with van der Waals surface area (Å²) in [6, 6.07) is 0.0924. The number of aromatic nitrogens is 2. The lowest BCUT2D eigenvalue weighted by Gasteiger charge is -2.16. The molecule has 1 N–H and O–H groups in total. The molecule has 0 atom stereocenters. The van der Waals surface area contributed by atoms with Crippen molar-refractivity contribution >= 4 is 12.2 Å². The van der Waals surface area contributed by atoms with E-state index >= 15 is 0 Å². The first kappa shape index (κ1) is 13.6. The second-order valence-electron chi connectivity index (χ2n) is 4.93. The second kappa shape index (κ2) is 5.07. The van der Waals surface area contributed by atoms with Crippen LogP contribution in [-0.4, -0.2) is 9.78 Å². The van der Waals surface area contributed by atoms with Crippen molar-refractivity contribution in [1.29, 1.82) is 0 Å². The van der Waals surface area contributed by atoms with Crippen LogP contribution in [0.15, 0.2) is 0 Å². The topological polar surface area (TPSA) is 20.7 Å². The Bertz CT molecular complexity index is 465. The maximum atomic E-state index is 12.8. The van der Waals surface area contributed by atoms with Crippen LogP contribution < -0.4 is 0 Å². The molecule has 0 amide bonds. The fourth-order valence-corrected chi connectivity index (χ4v) is 2.89. The highest BCUT2D eigenvalue weighted by atomic mass is 32.1. The Labute approximate surface area is 109 Å². The van der Waals surface area contributed by atoms with Gasteiger partial charge >= 0.3 is 6.18 Å². The lowest BCUT2D eigenvalue weighted by Crippen LogP contribution is -2.13. The van der Waals surface area contributed by atoms with Crippen molar-refractivity contribution < 1.29 is 13.2 Å². The molecule has 102 valence electrons. The number of hydrogen-bond donors (Lipinski definition) is 1. The Hall–Kier alpha value is -0.780. The second-order valence-corrected chi connectivity index (χ2v) is 5.32. The lowest BCUT2D eigenvalue weighted by molar-refractivity contribution is -0.142. The average Bonchev–Trinajstić information content (AvgIpc) is 2.52. The van der Waals surface area contributed by atoms with Gasteiger partial charge in [-0.2, -0.15) is 13.2 Å². The van der Waals surface area contributed by atoms with E-state index in [1.54, 1.807) is 4.68 Å². The zero-order valence-corrected chi connectivity index (χ0v) is 11.1. The summed E-state index contributed by atoms with van der Waals surface area (Å²) in [6.07, 6.45) is 1.91. The Morgan fingerprint density at radius 2 is 1.72 bits per heavy atom. The molecule has 1 aromatic heterocycles. The summed E-state index contributed by atoms with van der Waals surface area (Å²) < 4.78 is 40.3. The molecule has 2 nitrogen and oxygen atoms in total. The van der Waals surface area contributed by atoms with Crippen LogP contribution in [0.1, 0.15) is 55.8 Å². The van der Waals surface area contributed by atoms with Crippen LogP contribution in [-0.2, 0) is 6.18 Å². The van der Waals surface area contributed by atoms with Crippen LogP contribution in [0.5, 0.6) is 0 Å². The van der Waals surface area contributed by atoms with Crippen LogP contribution in [0.2, 0.25) is 0 Å². The van der Waals surface area contributed by atoms with Gasteiger partial charge in [0.1, 0.15) is 10.3 Å². The van der Waals surface area contributed by atoms with Crippen molar-refractivity contribution in [2.45, 2.75) is 57.7 Å². The predicted molar refractivity (Wildman–Crippen MR) is 66.1 cm³/mol. The molecule has 1 saturated carbocycles. The number of halogens is 3. The molecule has 18 heavy (non-hydrogen) atoms. The third-order valence-corrected chi connectivity index (χ3v) is 4.12. The van der Waals surface area contributed by atoms with Crippen LogP contribution in [0.25, 0.3) is 0 Å². The highest BCUT2D eigenvalue weighted by Crippen LogP contribution is 2.34. The molecule has 2 rings (SSSR count). The molecule has 0 saturated heterocycles. The SMILES string of the molecule is Cc1c(C(F)(F)F)[nH]n(C2CCCCCC2)c1=S. The summed E-state index contributed by atoms with van der Waals surface area (Å²) in [4.78, 5) is 0. The van der Waals surface area contributed by atoms with Crippen molar-refractivity contribution in [2.75, 3.05) is 0 Å². The Kier molecular flexibility index (Phi) is 3.84. The Balaban J connectivity index is 2.36. The molecule has 1 heterocycles. The van der Waals surface area contributed by atoms with E-state index in [2.05, 4.69) is 5.10 Å². The molecule has 0 spiro atoms. The third-order valence-electron chi connectivity index (χ3n) is 3.62. The lowest BCUT2D eigenvalue weighted by atomic mass is 10.1. The normalized spacial score (nSPS) is 18.9. The monoisotopic (exact) mass is 278 g/mol. The summed E-state index contributed by atoms with van der Waals surface area (Å²) >= 11 is 5.14. The zero-order valence-electron chi connectivity index (χ0n) is 10.3. The van der Waals surface area contributed by atoms with Gasteiger partial charge in [-0.3, -0.25) is 9.78 Å². The summed E-state index contributed by atoms with van der Waals surface area (Å²) in [6.45, 7) is 1.44. The van der Waals surface area contributed by atoms with Crippen LogP contribution >= 0.6 is 12.2 Å². The number of rotatable bonds is 1. The Morgan fingerprint density at radius 1 is 1.17 bits per heavy atom. The van der Waals surface area contributed by atoms with Gasteiger partial charge in [-0.15, -0.1) is 0 Å². The highest BCUT2D eigenvalue weighted by molar-refractivity contribution is 7.71. The molecule has 0 aliphatic heterocycles. The van der Waals surface area contributed by atoms with Crippen LogP contribution in [0.4, 0.5) is 13.2 Å². The van der Waals surface area contributed by atoms with E-state index in [9.17, 15) is 13.2 Å². The van der Waals surface area contributed by atoms with Gasteiger partial charge in [0.2, 0.25) is 0 Å². The van der Waals surface area contributed by atoms with Crippen LogP contribution in [0, 0.1) is 11.6 Å². The van der Waals surface area contributed by atoms with Crippen LogP contribution in [0.3, 0.4) is 0 Å². The molecule has 6 heteroatoms. The summed E-state index contributed by atoms with van der Waals surface area (Å²) in [7, 11) is 0. The van der Waals surface area contributed by atoms with Gasteiger partial charge in [-0.25, -0.2) is 0 Å². The smallest absolute Gasteiger partial charge is 0.293 e. The number of H-pyrrole nitrogens is 1. The maximum absolute atomic E-state index is 12.8. The van der Waals surface area contributed by atoms with Gasteiger partial charge in [0, 0.05) is 5.56 Å². The van der Waals surface area contributed by atoms with Gasteiger partial charge in [-0.05, 0) is 19.8 Å². The van der Waals surface area contributed by atoms with E-state index in [4.69, 9.17) is 12.2 Å². The number of hydrogen-bond acceptors (Lipinski definition) is 1. The summed E-state index contributed by atoms with van der Waals surface area (Å²) in [5.41, 5.74) is -0.557. The number of nitrogens with zero attached hydrogens (tertiary/aromatic N) is 1. The molecule has 0 bridgehead atoms. The highest BCUT2D eigenvalue weighted by Gasteiger charge is 2.36. The summed E-state index contributed by atoms with van der Waals surface area (Å²) in [5, 5.41) is 2.47. The first-order valence-electron chi connectivity index (χ1n) is 6.29. The van der Waals surface area contributed by atoms with Gasteiger partial charge < -0.3 is 0 Å². The fourth-order valence-electron chi connectivity index (χ4n) is 2.59. The maximum Gasteiger partial charge on any atom is 0.433 e. The van der Waals surface area contributed by atoms with E-state index in [-0.39, 0.29) is 11.6 Å². The van der Waals surface area contributed by atoms with E-state index in [1.165, 1.54) is 6.92 Å². The quantitative estimate of drug-likeness (QED) is 0.579. The molecule has 0 radical (unpaired) electrons. The number of nitrogens with one attached hydrogen (secondary N) is 1. The average molecular weight is 278 g/mol. The molecular formula is C12H17F3N2S. The fraction of sp³-hybridized carbons (Fsp3) is 0.750. The van der Waals surface area contributed by atoms with Crippen molar-refractivity contribution in [3.05, 3.63) is 15.9 Å². The minimum atomic E-state index is -4.35. The van der Waals surface area contributed by atoms with E-state index in [1.807, 2.05) is 0 Å². The standard InChI is InChI=1S/C12H17F3N2S/c1-8-10(12(13,14)15)16-17(11(8)18)9-6-4-2-3-5-7-9/h9,16H,2-7H2,1H3. The molecule has 1 aliphatic carbocycles. The number of alkyl halides is 3. The van der Waals surface area contributed by atoms with Crippen molar-refractivity contribution in [2.24, 2.45) is 0 Å². The van der Waals surface area contributed by atoms with E-state index in [0.29, 0.717) is 4.64 Å². The van der Waals surface area contributed by atoms with Gasteiger partial charge in [-0.1, -0.05) is 37.9 Å². The Morgan fingerprint density at radius 3 is 2.17 bits per heavy atom. The van der Waals surface area contributed by atoms with Gasteiger partial charge in [0.05, 0.1) is 6.04 Å². The molecule has 1 aromatic rings. The first-order valence-corrected chi connectivity index (χ1v) is 6.70. The first-order chi connectivity index (χ1) is 8.41.